The molecule has 1 atom stereocenters. The van der Waals surface area contributed by atoms with E-state index >= 15 is 0 Å². The summed E-state index contributed by atoms with van der Waals surface area (Å²) in [5.41, 5.74) is 0. The van der Waals surface area contributed by atoms with Crippen LogP contribution >= 0.6 is 11.8 Å². The molecule has 0 fully saturated rings. The zero-order chi connectivity index (χ0) is 13.3. The molecule has 0 aliphatic rings. The molecule has 17 heavy (non-hydrogen) atoms. The molecule has 100 valence electrons. The Hall–Kier alpha value is -0.710. The maximum Gasteiger partial charge on any atom is 0.303 e. The Labute approximate surface area is 108 Å². The molecule has 0 spiro atoms. The fraction of sp³-hybridized carbons (Fsp3) is 0.833. The van der Waals surface area contributed by atoms with Crippen LogP contribution in [0.15, 0.2) is 0 Å². The van der Waals surface area contributed by atoms with Gasteiger partial charge in [0.15, 0.2) is 0 Å². The minimum atomic E-state index is -0.755. The molecule has 0 saturated carbocycles. The summed E-state index contributed by atoms with van der Waals surface area (Å²) in [6, 6.07) is 0. The monoisotopic (exact) mass is 261 g/mol. The highest BCUT2D eigenvalue weighted by Crippen LogP contribution is 2.10. The maximum absolute atomic E-state index is 11.4. The summed E-state index contributed by atoms with van der Waals surface area (Å²) in [5, 5.41) is 11.8. The van der Waals surface area contributed by atoms with Gasteiger partial charge in [0.1, 0.15) is 0 Å². The number of nitrogens with one attached hydrogen (secondary N) is 1. The zero-order valence-electron chi connectivity index (χ0n) is 10.9. The summed E-state index contributed by atoms with van der Waals surface area (Å²) in [5.74, 6) is 0.147. The predicted octanol–water partition coefficient (Wildman–Crippen LogP) is 2.14. The van der Waals surface area contributed by atoms with Crippen molar-refractivity contribution >= 4 is 23.6 Å². The molecule has 2 N–H and O–H groups in total. The van der Waals surface area contributed by atoms with Crippen molar-refractivity contribution in [2.75, 3.05) is 12.3 Å². The summed E-state index contributed by atoms with van der Waals surface area (Å²) in [6.45, 7) is 6.77. The van der Waals surface area contributed by atoms with E-state index in [1.165, 1.54) is 0 Å². The first-order valence-electron chi connectivity index (χ1n) is 6.02. The smallest absolute Gasteiger partial charge is 0.303 e. The molecule has 0 aliphatic heterocycles. The first kappa shape index (κ1) is 16.3. The van der Waals surface area contributed by atoms with Gasteiger partial charge < -0.3 is 10.4 Å². The normalized spacial score (nSPS) is 12.5. The third-order valence-electron chi connectivity index (χ3n) is 2.36. The lowest BCUT2D eigenvalue weighted by atomic mass is 10.0. The molecule has 4 nitrogen and oxygen atoms in total. The van der Waals surface area contributed by atoms with Gasteiger partial charge in [-0.25, -0.2) is 0 Å². The SMILES string of the molecule is CC(CCNC(=O)CSC(C)C)CCC(=O)O. The average Bonchev–Trinajstić information content (AvgIpc) is 2.23. The summed E-state index contributed by atoms with van der Waals surface area (Å²) in [4.78, 5) is 21.7. The first-order chi connectivity index (χ1) is 7.91. The van der Waals surface area contributed by atoms with Crippen molar-refractivity contribution in [3.63, 3.8) is 0 Å². The number of rotatable bonds is 9. The number of carboxylic acids is 1. The quantitative estimate of drug-likeness (QED) is 0.667. The Balaban J connectivity index is 3.48. The second-order valence-corrected chi connectivity index (χ2v) is 6.10. The highest BCUT2D eigenvalue weighted by molar-refractivity contribution is 8.00. The van der Waals surface area contributed by atoms with Crippen molar-refractivity contribution in [1.29, 1.82) is 0 Å². The molecule has 0 aromatic heterocycles. The van der Waals surface area contributed by atoms with E-state index < -0.39 is 5.97 Å². The lowest BCUT2D eigenvalue weighted by molar-refractivity contribution is -0.137. The van der Waals surface area contributed by atoms with Gasteiger partial charge in [-0.2, -0.15) is 0 Å². The van der Waals surface area contributed by atoms with Crippen LogP contribution in [0.25, 0.3) is 0 Å². The van der Waals surface area contributed by atoms with Gasteiger partial charge in [-0.15, -0.1) is 11.8 Å². The van der Waals surface area contributed by atoms with Gasteiger partial charge in [-0.1, -0.05) is 20.8 Å². The number of hydrogen-bond donors (Lipinski definition) is 2. The molecular formula is C12H23NO3S. The van der Waals surface area contributed by atoms with Crippen LogP contribution in [0.2, 0.25) is 0 Å². The van der Waals surface area contributed by atoms with Crippen LogP contribution in [0.3, 0.4) is 0 Å². The van der Waals surface area contributed by atoms with Gasteiger partial charge in [-0.05, 0) is 24.0 Å². The number of carbonyl (C=O) groups is 2. The number of carboxylic acid groups (broad SMARTS) is 1. The number of amides is 1. The van der Waals surface area contributed by atoms with E-state index in [1.54, 1.807) is 11.8 Å². The van der Waals surface area contributed by atoms with Crippen LogP contribution in [0.1, 0.15) is 40.0 Å². The Morgan fingerprint density at radius 3 is 2.41 bits per heavy atom. The molecule has 1 unspecified atom stereocenters. The van der Waals surface area contributed by atoms with E-state index in [9.17, 15) is 9.59 Å². The van der Waals surface area contributed by atoms with Crippen LogP contribution in [0.5, 0.6) is 0 Å². The number of aliphatic carboxylic acids is 1. The number of carbonyl (C=O) groups excluding carboxylic acids is 1. The molecule has 0 radical (unpaired) electrons. The average molecular weight is 261 g/mol. The number of hydrogen-bond acceptors (Lipinski definition) is 3. The largest absolute Gasteiger partial charge is 0.481 e. The second kappa shape index (κ2) is 9.33. The van der Waals surface area contributed by atoms with Crippen molar-refractivity contribution in [3.8, 4) is 0 Å². The van der Waals surface area contributed by atoms with Crippen LogP contribution < -0.4 is 5.32 Å². The van der Waals surface area contributed by atoms with Crippen molar-refractivity contribution in [1.82, 2.24) is 5.32 Å². The van der Waals surface area contributed by atoms with E-state index in [2.05, 4.69) is 19.2 Å². The van der Waals surface area contributed by atoms with Gasteiger partial charge in [-0.3, -0.25) is 9.59 Å². The minimum Gasteiger partial charge on any atom is -0.481 e. The van der Waals surface area contributed by atoms with E-state index in [0.29, 0.717) is 29.9 Å². The third-order valence-corrected chi connectivity index (χ3v) is 3.45. The Morgan fingerprint density at radius 2 is 1.88 bits per heavy atom. The second-order valence-electron chi connectivity index (χ2n) is 4.54. The van der Waals surface area contributed by atoms with Crippen molar-refractivity contribution in [2.45, 2.75) is 45.3 Å². The maximum atomic E-state index is 11.4. The first-order valence-corrected chi connectivity index (χ1v) is 7.06. The molecule has 5 heteroatoms. The molecule has 0 aliphatic carbocycles. The molecule has 0 bridgehead atoms. The standard InChI is InChI=1S/C12H23NO3S/c1-9(2)17-8-11(14)13-7-6-10(3)4-5-12(15)16/h9-10H,4-8H2,1-3H3,(H,13,14)(H,15,16). The fourth-order valence-electron chi connectivity index (χ4n) is 1.27. The Bertz CT molecular complexity index is 244. The minimum absolute atomic E-state index is 0.0640. The summed E-state index contributed by atoms with van der Waals surface area (Å²) in [6.07, 6.45) is 1.72. The lowest BCUT2D eigenvalue weighted by Gasteiger charge is -2.11. The molecule has 0 saturated heterocycles. The van der Waals surface area contributed by atoms with Gasteiger partial charge in [0.25, 0.3) is 0 Å². The van der Waals surface area contributed by atoms with Crippen LogP contribution in [-0.2, 0) is 9.59 Å². The van der Waals surface area contributed by atoms with Gasteiger partial charge in [0.05, 0.1) is 5.75 Å². The molecular weight excluding hydrogens is 238 g/mol. The van der Waals surface area contributed by atoms with E-state index in [4.69, 9.17) is 5.11 Å². The summed E-state index contributed by atoms with van der Waals surface area (Å²) >= 11 is 1.62. The summed E-state index contributed by atoms with van der Waals surface area (Å²) in [7, 11) is 0. The highest BCUT2D eigenvalue weighted by Gasteiger charge is 2.07. The van der Waals surface area contributed by atoms with Crippen molar-refractivity contribution in [3.05, 3.63) is 0 Å². The highest BCUT2D eigenvalue weighted by atomic mass is 32.2. The van der Waals surface area contributed by atoms with Crippen molar-refractivity contribution < 1.29 is 14.7 Å². The van der Waals surface area contributed by atoms with Crippen LogP contribution in [-0.4, -0.2) is 34.5 Å². The molecule has 1 amide bonds. The summed E-state index contributed by atoms with van der Waals surface area (Å²) < 4.78 is 0. The molecule has 0 aromatic rings. The van der Waals surface area contributed by atoms with Gasteiger partial charge in [0, 0.05) is 13.0 Å². The molecule has 0 rings (SSSR count). The Kier molecular flexibility index (Phi) is 8.94. The lowest BCUT2D eigenvalue weighted by Crippen LogP contribution is -2.27. The van der Waals surface area contributed by atoms with E-state index in [1.807, 2.05) is 6.92 Å². The van der Waals surface area contributed by atoms with Crippen LogP contribution in [0.4, 0.5) is 0 Å². The van der Waals surface area contributed by atoms with Crippen LogP contribution in [0, 0.1) is 5.92 Å². The van der Waals surface area contributed by atoms with E-state index in [-0.39, 0.29) is 12.3 Å². The Morgan fingerprint density at radius 1 is 1.24 bits per heavy atom. The fourth-order valence-corrected chi connectivity index (χ4v) is 1.85. The van der Waals surface area contributed by atoms with Gasteiger partial charge in [0.2, 0.25) is 5.91 Å². The predicted molar refractivity (Wildman–Crippen MR) is 71.3 cm³/mol. The van der Waals surface area contributed by atoms with Gasteiger partial charge >= 0.3 is 5.97 Å². The van der Waals surface area contributed by atoms with Crippen molar-refractivity contribution in [2.24, 2.45) is 5.92 Å². The zero-order valence-corrected chi connectivity index (χ0v) is 11.7. The topological polar surface area (TPSA) is 66.4 Å². The van der Waals surface area contributed by atoms with E-state index in [0.717, 1.165) is 6.42 Å². The third kappa shape index (κ3) is 11.6. The number of thioether (sulfide) groups is 1. The molecule has 0 heterocycles. The molecule has 0 aromatic carbocycles.